The minimum Gasteiger partial charge on any atom is -0.491 e. The molecule has 0 spiro atoms. The number of benzene rings is 1. The predicted molar refractivity (Wildman–Crippen MR) is 102 cm³/mol. The summed E-state index contributed by atoms with van der Waals surface area (Å²) in [7, 11) is 1.66. The molecule has 8 heteroatoms. The van der Waals surface area contributed by atoms with Crippen molar-refractivity contribution in [3.05, 3.63) is 30.6 Å². The highest BCUT2D eigenvalue weighted by Crippen LogP contribution is 2.30. The minimum absolute atomic E-state index is 0.276. The van der Waals surface area contributed by atoms with Crippen LogP contribution in [0.15, 0.2) is 30.6 Å². The molecule has 0 amide bonds. The first-order chi connectivity index (χ1) is 13.3. The van der Waals surface area contributed by atoms with Gasteiger partial charge in [0.05, 0.1) is 37.1 Å². The van der Waals surface area contributed by atoms with Gasteiger partial charge in [-0.25, -0.2) is 9.97 Å². The van der Waals surface area contributed by atoms with Crippen molar-refractivity contribution in [2.24, 2.45) is 0 Å². The van der Waals surface area contributed by atoms with Gasteiger partial charge in [0.25, 0.3) is 0 Å². The summed E-state index contributed by atoms with van der Waals surface area (Å²) in [6.45, 7) is 5.40. The normalized spacial score (nSPS) is 17.4. The van der Waals surface area contributed by atoms with Gasteiger partial charge in [-0.2, -0.15) is 5.10 Å². The Morgan fingerprint density at radius 2 is 2.19 bits per heavy atom. The third-order valence-electron chi connectivity index (χ3n) is 4.65. The van der Waals surface area contributed by atoms with Gasteiger partial charge in [0.2, 0.25) is 0 Å². The van der Waals surface area contributed by atoms with Crippen molar-refractivity contribution >= 4 is 16.7 Å². The van der Waals surface area contributed by atoms with E-state index in [1.54, 1.807) is 13.4 Å². The highest BCUT2D eigenvalue weighted by atomic mass is 16.5. The molecule has 1 fully saturated rings. The van der Waals surface area contributed by atoms with E-state index < -0.39 is 0 Å². The number of aromatic nitrogens is 4. The lowest BCUT2D eigenvalue weighted by Crippen LogP contribution is -2.44. The number of nitrogens with zero attached hydrogens (tertiary/aromatic N) is 4. The molecule has 0 radical (unpaired) electrons. The summed E-state index contributed by atoms with van der Waals surface area (Å²) in [5.74, 6) is 1.66. The van der Waals surface area contributed by atoms with Gasteiger partial charge >= 0.3 is 0 Å². The fourth-order valence-corrected chi connectivity index (χ4v) is 3.22. The molecule has 1 aliphatic rings. The molecule has 0 aliphatic carbocycles. The Balaban J connectivity index is 1.65. The van der Waals surface area contributed by atoms with E-state index in [4.69, 9.17) is 14.2 Å². The van der Waals surface area contributed by atoms with Crippen LogP contribution in [0.1, 0.15) is 6.92 Å². The zero-order valence-electron chi connectivity index (χ0n) is 15.5. The average molecular weight is 369 g/mol. The van der Waals surface area contributed by atoms with Gasteiger partial charge in [0.1, 0.15) is 30.2 Å². The first kappa shape index (κ1) is 17.7. The first-order valence-electron chi connectivity index (χ1n) is 9.03. The topological polar surface area (TPSA) is 85.4 Å². The maximum absolute atomic E-state index is 5.73. The summed E-state index contributed by atoms with van der Waals surface area (Å²) in [6, 6.07) is 8.11. The van der Waals surface area contributed by atoms with Crippen molar-refractivity contribution in [1.82, 2.24) is 20.2 Å². The molecule has 0 bridgehead atoms. The van der Waals surface area contributed by atoms with Crippen molar-refractivity contribution in [2.75, 3.05) is 45.0 Å². The van der Waals surface area contributed by atoms with E-state index in [-0.39, 0.29) is 6.04 Å². The van der Waals surface area contributed by atoms with Crippen LogP contribution in [0.25, 0.3) is 22.3 Å². The van der Waals surface area contributed by atoms with Crippen LogP contribution in [0, 0.1) is 0 Å². The number of fused-ring (bicyclic) bond motifs is 1. The van der Waals surface area contributed by atoms with E-state index in [2.05, 4.69) is 32.0 Å². The molecule has 8 nitrogen and oxygen atoms in total. The number of hydrogen-bond acceptors (Lipinski definition) is 7. The molecule has 2 aromatic heterocycles. The van der Waals surface area contributed by atoms with Crippen molar-refractivity contribution < 1.29 is 14.2 Å². The molecule has 1 N–H and O–H groups in total. The maximum atomic E-state index is 5.73. The average Bonchev–Trinajstić information content (AvgIpc) is 3.12. The number of rotatable bonds is 6. The quantitative estimate of drug-likeness (QED) is 0.667. The van der Waals surface area contributed by atoms with E-state index in [0.29, 0.717) is 26.4 Å². The van der Waals surface area contributed by atoms with Crippen LogP contribution in [-0.4, -0.2) is 66.3 Å². The lowest BCUT2D eigenvalue weighted by Gasteiger charge is -2.34. The summed E-state index contributed by atoms with van der Waals surface area (Å²) in [6.07, 6.45) is 1.59. The van der Waals surface area contributed by atoms with E-state index in [9.17, 15) is 0 Å². The van der Waals surface area contributed by atoms with Crippen LogP contribution >= 0.6 is 0 Å². The van der Waals surface area contributed by atoms with Crippen LogP contribution in [0.5, 0.6) is 5.75 Å². The van der Waals surface area contributed by atoms with Crippen molar-refractivity contribution in [3.8, 4) is 17.1 Å². The lowest BCUT2D eigenvalue weighted by molar-refractivity contribution is 0.0985. The number of aromatic amines is 1. The Kier molecular flexibility index (Phi) is 5.17. The molecular formula is C19H23N5O3. The van der Waals surface area contributed by atoms with Crippen LogP contribution in [0.3, 0.4) is 0 Å². The van der Waals surface area contributed by atoms with E-state index >= 15 is 0 Å². The third kappa shape index (κ3) is 3.72. The molecule has 142 valence electrons. The van der Waals surface area contributed by atoms with Crippen molar-refractivity contribution in [2.45, 2.75) is 13.0 Å². The second-order valence-electron chi connectivity index (χ2n) is 6.50. The summed E-state index contributed by atoms with van der Waals surface area (Å²) in [5.41, 5.74) is 2.50. The van der Waals surface area contributed by atoms with Gasteiger partial charge < -0.3 is 19.1 Å². The standard InChI is InChI=1S/C19H23N5O3/c1-13-11-26-6-5-24(13)18-10-17(20-12-21-18)19-15-9-14(27-8-7-25-2)3-4-16(15)22-23-19/h3-4,9-10,12-13H,5-8,11H2,1-2H3,(H,22,23)/t13-/m1/s1. The summed E-state index contributed by atoms with van der Waals surface area (Å²) >= 11 is 0. The van der Waals surface area contributed by atoms with Gasteiger partial charge in [-0.3, -0.25) is 5.10 Å². The Morgan fingerprint density at radius 3 is 3.04 bits per heavy atom. The Labute approximate surface area is 157 Å². The summed E-state index contributed by atoms with van der Waals surface area (Å²) in [5, 5.41) is 8.50. The number of H-pyrrole nitrogens is 1. The highest BCUT2D eigenvalue weighted by Gasteiger charge is 2.21. The smallest absolute Gasteiger partial charge is 0.133 e. The van der Waals surface area contributed by atoms with Crippen LogP contribution in [-0.2, 0) is 9.47 Å². The molecule has 3 aromatic rings. The van der Waals surface area contributed by atoms with Crippen molar-refractivity contribution in [3.63, 3.8) is 0 Å². The fraction of sp³-hybridized carbons (Fsp3) is 0.421. The molecular weight excluding hydrogens is 346 g/mol. The van der Waals surface area contributed by atoms with E-state index in [1.165, 1.54) is 0 Å². The molecule has 1 aromatic carbocycles. The van der Waals surface area contributed by atoms with Gasteiger partial charge in [-0.1, -0.05) is 0 Å². The first-order valence-corrected chi connectivity index (χ1v) is 9.03. The number of methoxy groups -OCH3 is 1. The molecule has 0 unspecified atom stereocenters. The highest BCUT2D eigenvalue weighted by molar-refractivity contribution is 5.93. The summed E-state index contributed by atoms with van der Waals surface area (Å²) < 4.78 is 16.3. The van der Waals surface area contributed by atoms with E-state index in [0.717, 1.165) is 40.4 Å². The monoisotopic (exact) mass is 369 g/mol. The number of morpholine rings is 1. The molecule has 27 heavy (non-hydrogen) atoms. The number of ether oxygens (including phenoxy) is 3. The van der Waals surface area contributed by atoms with Gasteiger partial charge in [-0.05, 0) is 25.1 Å². The fourth-order valence-electron chi connectivity index (χ4n) is 3.22. The SMILES string of the molecule is COCCOc1ccc2[nH]nc(-c3cc(N4CCOC[C@H]4C)ncn3)c2c1. The Bertz CT molecular complexity index is 913. The van der Waals surface area contributed by atoms with Crippen molar-refractivity contribution in [1.29, 1.82) is 0 Å². The van der Waals surface area contributed by atoms with Gasteiger partial charge in [0.15, 0.2) is 0 Å². The minimum atomic E-state index is 0.276. The molecule has 1 aliphatic heterocycles. The maximum Gasteiger partial charge on any atom is 0.133 e. The van der Waals surface area contributed by atoms with E-state index in [1.807, 2.05) is 24.3 Å². The number of hydrogen-bond donors (Lipinski definition) is 1. The Hall–Kier alpha value is -2.71. The van der Waals surface area contributed by atoms with Crippen LogP contribution in [0.2, 0.25) is 0 Å². The zero-order chi connectivity index (χ0) is 18.6. The molecule has 1 atom stereocenters. The van der Waals surface area contributed by atoms with Crippen LogP contribution < -0.4 is 9.64 Å². The largest absolute Gasteiger partial charge is 0.491 e. The van der Waals surface area contributed by atoms with Gasteiger partial charge in [-0.15, -0.1) is 0 Å². The molecule has 1 saturated heterocycles. The lowest BCUT2D eigenvalue weighted by atomic mass is 10.1. The summed E-state index contributed by atoms with van der Waals surface area (Å²) in [4.78, 5) is 11.1. The third-order valence-corrected chi connectivity index (χ3v) is 4.65. The second-order valence-corrected chi connectivity index (χ2v) is 6.50. The number of anilines is 1. The second kappa shape index (κ2) is 7.89. The Morgan fingerprint density at radius 1 is 1.26 bits per heavy atom. The molecule has 4 rings (SSSR count). The molecule has 0 saturated carbocycles. The van der Waals surface area contributed by atoms with Crippen LogP contribution in [0.4, 0.5) is 5.82 Å². The zero-order valence-corrected chi connectivity index (χ0v) is 15.5. The predicted octanol–water partition coefficient (Wildman–Crippen LogP) is 2.27. The number of nitrogens with one attached hydrogen (secondary N) is 1. The van der Waals surface area contributed by atoms with Gasteiger partial charge in [0, 0.05) is 25.1 Å². The molecule has 3 heterocycles.